The molecule has 1 aromatic carbocycles. The van der Waals surface area contributed by atoms with Crippen LogP contribution in [-0.4, -0.2) is 23.0 Å². The van der Waals surface area contributed by atoms with E-state index in [1.807, 2.05) is 0 Å². The second kappa shape index (κ2) is 5.57. The maximum atomic E-state index is 12.9. The monoisotopic (exact) mass is 257 g/mol. The molecule has 0 aliphatic carbocycles. The molecule has 1 rings (SSSR count). The van der Waals surface area contributed by atoms with E-state index >= 15 is 0 Å². The molecule has 0 radical (unpaired) electrons. The van der Waals surface area contributed by atoms with Gasteiger partial charge in [0.2, 0.25) is 0 Å². The third-order valence-corrected chi connectivity index (χ3v) is 2.62. The van der Waals surface area contributed by atoms with E-state index < -0.39 is 35.5 Å². The smallest absolute Gasteiger partial charge is 0.308 e. The molecule has 2 atom stereocenters. The Labute approximate surface area is 103 Å². The predicted molar refractivity (Wildman–Crippen MR) is 60.1 cm³/mol. The fourth-order valence-corrected chi connectivity index (χ4v) is 1.31. The van der Waals surface area contributed by atoms with Crippen LogP contribution in [0.1, 0.15) is 24.2 Å². The Morgan fingerprint density at radius 2 is 1.67 bits per heavy atom. The Hall–Kier alpha value is -1.98. The van der Waals surface area contributed by atoms with E-state index in [4.69, 9.17) is 5.11 Å². The van der Waals surface area contributed by atoms with Crippen molar-refractivity contribution >= 4 is 11.9 Å². The summed E-state index contributed by atoms with van der Waals surface area (Å²) in [4.78, 5) is 22.3. The van der Waals surface area contributed by atoms with Crippen molar-refractivity contribution < 1.29 is 23.5 Å². The maximum absolute atomic E-state index is 12.9. The normalized spacial score (nSPS) is 13.8. The number of carboxylic acid groups (broad SMARTS) is 1. The number of nitrogens with one attached hydrogen (secondary N) is 1. The highest BCUT2D eigenvalue weighted by Gasteiger charge is 2.21. The van der Waals surface area contributed by atoms with Crippen LogP contribution in [0.4, 0.5) is 8.78 Å². The summed E-state index contributed by atoms with van der Waals surface area (Å²) >= 11 is 0. The molecule has 0 saturated heterocycles. The van der Waals surface area contributed by atoms with E-state index in [2.05, 4.69) is 5.32 Å². The quantitative estimate of drug-likeness (QED) is 0.864. The summed E-state index contributed by atoms with van der Waals surface area (Å²) in [6, 6.07) is 1.77. The molecular formula is C12H13F2NO3. The van der Waals surface area contributed by atoms with Crippen LogP contribution in [0.3, 0.4) is 0 Å². The van der Waals surface area contributed by atoms with Crippen LogP contribution < -0.4 is 5.32 Å². The summed E-state index contributed by atoms with van der Waals surface area (Å²) in [5.41, 5.74) is -0.183. The Morgan fingerprint density at radius 1 is 1.17 bits per heavy atom. The average molecular weight is 257 g/mol. The summed E-state index contributed by atoms with van der Waals surface area (Å²) < 4.78 is 25.8. The summed E-state index contributed by atoms with van der Waals surface area (Å²) in [6.45, 7) is 2.94. The van der Waals surface area contributed by atoms with Gasteiger partial charge in [-0.1, -0.05) is 0 Å². The van der Waals surface area contributed by atoms with Gasteiger partial charge < -0.3 is 10.4 Å². The molecule has 2 N–H and O–H groups in total. The number of carboxylic acids is 1. The Balaban J connectivity index is 2.79. The van der Waals surface area contributed by atoms with Gasteiger partial charge in [0.1, 0.15) is 11.6 Å². The molecule has 0 aromatic heterocycles. The van der Waals surface area contributed by atoms with Gasteiger partial charge in [0.15, 0.2) is 0 Å². The minimum Gasteiger partial charge on any atom is -0.481 e. The number of aliphatic carboxylic acids is 1. The summed E-state index contributed by atoms with van der Waals surface area (Å²) in [5, 5.41) is 11.1. The lowest BCUT2D eigenvalue weighted by atomic mass is 10.0. The number of amides is 1. The van der Waals surface area contributed by atoms with Gasteiger partial charge in [-0.25, -0.2) is 8.78 Å². The zero-order valence-corrected chi connectivity index (χ0v) is 9.91. The zero-order valence-electron chi connectivity index (χ0n) is 9.91. The number of hydrogen-bond donors (Lipinski definition) is 2. The highest BCUT2D eigenvalue weighted by atomic mass is 19.1. The van der Waals surface area contributed by atoms with Crippen molar-refractivity contribution in [2.24, 2.45) is 5.92 Å². The second-order valence-electron chi connectivity index (χ2n) is 4.05. The largest absolute Gasteiger partial charge is 0.481 e. The Kier molecular flexibility index (Phi) is 4.36. The number of rotatable bonds is 4. The minimum atomic E-state index is -1.06. The van der Waals surface area contributed by atoms with E-state index in [0.29, 0.717) is 6.07 Å². The van der Waals surface area contributed by atoms with Crippen LogP contribution in [0.2, 0.25) is 0 Å². The fourth-order valence-electron chi connectivity index (χ4n) is 1.31. The predicted octanol–water partition coefficient (Wildman–Crippen LogP) is 1.80. The van der Waals surface area contributed by atoms with Crippen molar-refractivity contribution in [1.82, 2.24) is 5.32 Å². The lowest BCUT2D eigenvalue weighted by Gasteiger charge is -2.17. The SMILES string of the molecule is CC(NC(=O)c1cc(F)cc(F)c1)C(C)C(=O)O. The molecule has 4 nitrogen and oxygen atoms in total. The van der Waals surface area contributed by atoms with Crippen LogP contribution in [0, 0.1) is 17.6 Å². The van der Waals surface area contributed by atoms with Crippen molar-refractivity contribution in [3.05, 3.63) is 35.4 Å². The Morgan fingerprint density at radius 3 is 2.11 bits per heavy atom. The molecule has 6 heteroatoms. The molecule has 0 heterocycles. The average Bonchev–Trinajstić information content (AvgIpc) is 2.26. The number of carbonyl (C=O) groups excluding carboxylic acids is 1. The van der Waals surface area contributed by atoms with Gasteiger partial charge in [0, 0.05) is 17.7 Å². The Bertz CT molecular complexity index is 456. The van der Waals surface area contributed by atoms with E-state index in [1.165, 1.54) is 13.8 Å². The molecule has 0 aliphatic rings. The van der Waals surface area contributed by atoms with Crippen LogP contribution in [0.5, 0.6) is 0 Å². The molecule has 0 bridgehead atoms. The summed E-state index contributed by atoms with van der Waals surface area (Å²) in [5.74, 6) is -4.30. The van der Waals surface area contributed by atoms with Gasteiger partial charge in [-0.15, -0.1) is 0 Å². The van der Waals surface area contributed by atoms with Crippen LogP contribution in [-0.2, 0) is 4.79 Å². The lowest BCUT2D eigenvalue weighted by Crippen LogP contribution is -2.40. The van der Waals surface area contributed by atoms with E-state index in [1.54, 1.807) is 0 Å². The first-order chi connectivity index (χ1) is 8.31. The highest BCUT2D eigenvalue weighted by molar-refractivity contribution is 5.94. The van der Waals surface area contributed by atoms with Crippen molar-refractivity contribution in [1.29, 1.82) is 0 Å². The molecule has 1 aromatic rings. The molecule has 0 saturated carbocycles. The summed E-state index contributed by atoms with van der Waals surface area (Å²) in [6.07, 6.45) is 0. The lowest BCUT2D eigenvalue weighted by molar-refractivity contribution is -0.141. The molecule has 1 amide bonds. The van der Waals surface area contributed by atoms with E-state index in [9.17, 15) is 18.4 Å². The molecule has 18 heavy (non-hydrogen) atoms. The van der Waals surface area contributed by atoms with Crippen molar-refractivity contribution in [3.8, 4) is 0 Å². The third-order valence-electron chi connectivity index (χ3n) is 2.62. The third kappa shape index (κ3) is 3.51. The van der Waals surface area contributed by atoms with Crippen molar-refractivity contribution in [2.75, 3.05) is 0 Å². The van der Waals surface area contributed by atoms with Crippen molar-refractivity contribution in [2.45, 2.75) is 19.9 Å². The molecular weight excluding hydrogens is 244 g/mol. The minimum absolute atomic E-state index is 0.183. The number of hydrogen-bond acceptors (Lipinski definition) is 2. The summed E-state index contributed by atoms with van der Waals surface area (Å²) in [7, 11) is 0. The van der Waals surface area contributed by atoms with E-state index in [-0.39, 0.29) is 5.56 Å². The zero-order chi connectivity index (χ0) is 13.9. The fraction of sp³-hybridized carbons (Fsp3) is 0.333. The maximum Gasteiger partial charge on any atom is 0.308 e. The topological polar surface area (TPSA) is 66.4 Å². The van der Waals surface area contributed by atoms with Crippen LogP contribution in [0.15, 0.2) is 18.2 Å². The van der Waals surface area contributed by atoms with Gasteiger partial charge in [-0.3, -0.25) is 9.59 Å². The van der Waals surface area contributed by atoms with Gasteiger partial charge >= 0.3 is 5.97 Å². The molecule has 0 aliphatic heterocycles. The van der Waals surface area contributed by atoms with Crippen molar-refractivity contribution in [3.63, 3.8) is 0 Å². The van der Waals surface area contributed by atoms with Gasteiger partial charge in [-0.2, -0.15) is 0 Å². The first-order valence-corrected chi connectivity index (χ1v) is 5.31. The first kappa shape index (κ1) is 14.1. The molecule has 0 spiro atoms. The molecule has 98 valence electrons. The van der Waals surface area contributed by atoms with E-state index in [0.717, 1.165) is 12.1 Å². The highest BCUT2D eigenvalue weighted by Crippen LogP contribution is 2.09. The standard InChI is InChI=1S/C12H13F2NO3/c1-6(12(17)18)7(2)15-11(16)8-3-9(13)5-10(14)4-8/h3-7H,1-2H3,(H,15,16)(H,17,18). The number of benzene rings is 1. The number of carbonyl (C=O) groups is 2. The van der Waals surface area contributed by atoms with Crippen LogP contribution >= 0.6 is 0 Å². The van der Waals surface area contributed by atoms with Gasteiger partial charge in [0.05, 0.1) is 5.92 Å². The second-order valence-corrected chi connectivity index (χ2v) is 4.05. The molecule has 0 fully saturated rings. The van der Waals surface area contributed by atoms with Gasteiger partial charge in [0.25, 0.3) is 5.91 Å². The first-order valence-electron chi connectivity index (χ1n) is 5.31. The molecule has 2 unspecified atom stereocenters. The number of halogens is 2. The van der Waals surface area contributed by atoms with Crippen LogP contribution in [0.25, 0.3) is 0 Å². The van der Waals surface area contributed by atoms with Gasteiger partial charge in [-0.05, 0) is 26.0 Å².